The van der Waals surface area contributed by atoms with Crippen molar-refractivity contribution in [1.29, 1.82) is 0 Å². The van der Waals surface area contributed by atoms with Crippen molar-refractivity contribution >= 4 is 12.1 Å². The van der Waals surface area contributed by atoms with Gasteiger partial charge in [0.2, 0.25) is 0 Å². The molecule has 0 heterocycles. The molecule has 1 amide bonds. The summed E-state index contributed by atoms with van der Waals surface area (Å²) in [7, 11) is 0. The molecule has 60 valence electrons. The summed E-state index contributed by atoms with van der Waals surface area (Å²) in [5.74, 6) is -0.772. The number of hydrogen-bond acceptors (Lipinski definition) is 4. The molecule has 0 unspecified atom stereocenters. The molecule has 0 spiro atoms. The highest BCUT2D eigenvalue weighted by Crippen LogP contribution is 1.78. The average molecular weight is 157 g/mol. The Kier molecular flexibility index (Phi) is 4.22. The molecule has 0 aliphatic carbocycles. The molecule has 0 saturated carbocycles. The van der Waals surface area contributed by atoms with Crippen molar-refractivity contribution in [3.8, 4) is 0 Å². The summed E-state index contributed by atoms with van der Waals surface area (Å²) < 4.78 is 4.14. The number of ether oxygens (including phenoxy) is 1. The number of carbonyl (C=O) groups is 2. The molecule has 0 aromatic carbocycles. The molecule has 0 aliphatic rings. The molecule has 1 N–H and O–H groups in total. The first kappa shape index (κ1) is 9.22. The third-order valence-electron chi connectivity index (χ3n) is 0.592. The third-order valence-corrected chi connectivity index (χ3v) is 0.592. The van der Waals surface area contributed by atoms with Crippen LogP contribution in [0.4, 0.5) is 4.79 Å². The maximum atomic E-state index is 10.3. The number of hydroxylamine groups is 1. The summed E-state index contributed by atoms with van der Waals surface area (Å²) in [6.07, 6.45) is 0.876. The summed E-state index contributed by atoms with van der Waals surface area (Å²) in [6.45, 7) is 6.20. The Morgan fingerprint density at radius 1 is 1.36 bits per heavy atom. The van der Waals surface area contributed by atoms with Gasteiger partial charge in [-0.25, -0.2) is 9.59 Å². The Labute approximate surface area is 63.2 Å². The lowest BCUT2D eigenvalue weighted by Gasteiger charge is -1.99. The van der Waals surface area contributed by atoms with Crippen molar-refractivity contribution < 1.29 is 19.2 Å². The molecule has 5 heteroatoms. The summed E-state index contributed by atoms with van der Waals surface area (Å²) >= 11 is 0. The van der Waals surface area contributed by atoms with Gasteiger partial charge in [-0.1, -0.05) is 13.2 Å². The SMILES string of the molecule is C=COC(=O)NOC(=O)C=C. The fourth-order valence-corrected chi connectivity index (χ4v) is 0.233. The predicted octanol–water partition coefficient (Wildman–Crippen LogP) is 0.500. The summed E-state index contributed by atoms with van der Waals surface area (Å²) in [5, 5.41) is 0. The van der Waals surface area contributed by atoms with Crippen molar-refractivity contribution in [2.75, 3.05) is 0 Å². The van der Waals surface area contributed by atoms with Crippen LogP contribution < -0.4 is 5.48 Å². The van der Waals surface area contributed by atoms with Crippen LogP contribution >= 0.6 is 0 Å². The van der Waals surface area contributed by atoms with E-state index in [-0.39, 0.29) is 0 Å². The minimum Gasteiger partial charge on any atom is -0.417 e. The third kappa shape index (κ3) is 4.71. The lowest BCUT2D eigenvalue weighted by Crippen LogP contribution is -2.25. The first-order valence-corrected chi connectivity index (χ1v) is 2.61. The van der Waals surface area contributed by atoms with Gasteiger partial charge in [0.1, 0.15) is 0 Å². The van der Waals surface area contributed by atoms with Gasteiger partial charge in [0, 0.05) is 6.08 Å². The van der Waals surface area contributed by atoms with Gasteiger partial charge >= 0.3 is 12.1 Å². The molecule has 0 rings (SSSR count). The van der Waals surface area contributed by atoms with Gasteiger partial charge in [-0.15, -0.1) is 5.48 Å². The summed E-state index contributed by atoms with van der Waals surface area (Å²) in [4.78, 5) is 24.7. The van der Waals surface area contributed by atoms with Crippen LogP contribution in [0.1, 0.15) is 0 Å². The van der Waals surface area contributed by atoms with Gasteiger partial charge in [-0.2, -0.15) is 0 Å². The second kappa shape index (κ2) is 5.04. The number of nitrogens with one attached hydrogen (secondary N) is 1. The van der Waals surface area contributed by atoms with Gasteiger partial charge in [0.05, 0.1) is 6.26 Å². The molecular weight excluding hydrogens is 150 g/mol. The van der Waals surface area contributed by atoms with E-state index in [0.717, 1.165) is 12.3 Å². The molecule has 0 atom stereocenters. The zero-order valence-electron chi connectivity index (χ0n) is 5.70. The van der Waals surface area contributed by atoms with Crippen molar-refractivity contribution in [1.82, 2.24) is 5.48 Å². The maximum Gasteiger partial charge on any atom is 0.445 e. The van der Waals surface area contributed by atoms with Crippen LogP contribution in [-0.4, -0.2) is 12.1 Å². The fourth-order valence-electron chi connectivity index (χ4n) is 0.233. The molecule has 0 bridgehead atoms. The quantitative estimate of drug-likeness (QED) is 0.360. The number of amides is 1. The lowest BCUT2D eigenvalue weighted by molar-refractivity contribution is -0.143. The van der Waals surface area contributed by atoms with Crippen LogP contribution in [0.2, 0.25) is 0 Å². The normalized spacial score (nSPS) is 7.64. The number of hydrogen-bond donors (Lipinski definition) is 1. The molecular formula is C6H7NO4. The van der Waals surface area contributed by atoms with Crippen LogP contribution in [0, 0.1) is 0 Å². The zero-order valence-corrected chi connectivity index (χ0v) is 5.70. The van der Waals surface area contributed by atoms with Crippen LogP contribution in [0.15, 0.2) is 25.5 Å². The fraction of sp³-hybridized carbons (Fsp3) is 0. The average Bonchev–Trinajstić information content (AvgIpc) is 2.01. The number of rotatable bonds is 2. The minimum atomic E-state index is -0.921. The largest absolute Gasteiger partial charge is 0.445 e. The highest BCUT2D eigenvalue weighted by molar-refractivity contribution is 5.82. The zero-order chi connectivity index (χ0) is 8.69. The van der Waals surface area contributed by atoms with E-state index in [1.807, 2.05) is 0 Å². The molecule has 0 aromatic heterocycles. The number of carbonyl (C=O) groups excluding carboxylic acids is 2. The molecule has 0 saturated heterocycles. The monoisotopic (exact) mass is 157 g/mol. The molecule has 11 heavy (non-hydrogen) atoms. The second-order valence-corrected chi connectivity index (χ2v) is 1.30. The van der Waals surface area contributed by atoms with Crippen molar-refractivity contribution in [3.05, 3.63) is 25.5 Å². The van der Waals surface area contributed by atoms with Crippen molar-refractivity contribution in [2.24, 2.45) is 0 Å². The highest BCUT2D eigenvalue weighted by atomic mass is 16.7. The Balaban J connectivity index is 3.53. The first-order chi connectivity index (χ1) is 5.20. The predicted molar refractivity (Wildman–Crippen MR) is 36.1 cm³/mol. The summed E-state index contributed by atoms with van der Waals surface area (Å²) in [5.41, 5.74) is 1.68. The van der Waals surface area contributed by atoms with E-state index in [1.165, 1.54) is 0 Å². The van der Waals surface area contributed by atoms with E-state index >= 15 is 0 Å². The lowest BCUT2D eigenvalue weighted by atomic mass is 10.7. The van der Waals surface area contributed by atoms with Gasteiger partial charge in [0.15, 0.2) is 0 Å². The van der Waals surface area contributed by atoms with E-state index in [0.29, 0.717) is 0 Å². The first-order valence-electron chi connectivity index (χ1n) is 2.61. The molecule has 0 aromatic rings. The smallest absolute Gasteiger partial charge is 0.417 e. The topological polar surface area (TPSA) is 64.6 Å². The van der Waals surface area contributed by atoms with Crippen molar-refractivity contribution in [3.63, 3.8) is 0 Å². The standard InChI is InChI=1S/C6H7NO4/c1-3-5(8)11-7-6(9)10-4-2/h3-4H,1-2H2,(H,7,9). The summed E-state index contributed by atoms with van der Waals surface area (Å²) in [6, 6.07) is 0. The van der Waals surface area contributed by atoms with Crippen LogP contribution in [0.25, 0.3) is 0 Å². The highest BCUT2D eigenvalue weighted by Gasteiger charge is 2.01. The molecule has 0 radical (unpaired) electrons. The van der Waals surface area contributed by atoms with E-state index in [2.05, 4.69) is 22.7 Å². The van der Waals surface area contributed by atoms with Gasteiger partial charge in [-0.3, -0.25) is 0 Å². The van der Waals surface area contributed by atoms with Crippen molar-refractivity contribution in [2.45, 2.75) is 0 Å². The van der Waals surface area contributed by atoms with Gasteiger partial charge in [0.25, 0.3) is 0 Å². The maximum absolute atomic E-state index is 10.3. The molecule has 0 fully saturated rings. The Morgan fingerprint density at radius 3 is 2.45 bits per heavy atom. The Hall–Kier alpha value is -1.78. The molecule has 5 nitrogen and oxygen atoms in total. The Morgan fingerprint density at radius 2 is 2.00 bits per heavy atom. The minimum absolute atomic E-state index is 0.772. The van der Waals surface area contributed by atoms with Crippen LogP contribution in [0.3, 0.4) is 0 Å². The molecule has 0 aliphatic heterocycles. The van der Waals surface area contributed by atoms with Gasteiger partial charge in [-0.05, 0) is 0 Å². The Bertz CT molecular complexity index is 187. The van der Waals surface area contributed by atoms with E-state index in [4.69, 9.17) is 0 Å². The van der Waals surface area contributed by atoms with E-state index < -0.39 is 12.1 Å². The van der Waals surface area contributed by atoms with E-state index in [9.17, 15) is 9.59 Å². The van der Waals surface area contributed by atoms with Crippen LogP contribution in [0.5, 0.6) is 0 Å². The second-order valence-electron chi connectivity index (χ2n) is 1.30. The van der Waals surface area contributed by atoms with Crippen LogP contribution in [-0.2, 0) is 14.4 Å². The van der Waals surface area contributed by atoms with E-state index in [1.54, 1.807) is 5.48 Å². The van der Waals surface area contributed by atoms with Gasteiger partial charge < -0.3 is 9.57 Å².